The highest BCUT2D eigenvalue weighted by atomic mass is 19.4. The lowest BCUT2D eigenvalue weighted by Crippen LogP contribution is -2.29. The van der Waals surface area contributed by atoms with E-state index in [1.54, 1.807) is 25.3 Å². The first-order valence-electron chi connectivity index (χ1n) is 12.9. The lowest BCUT2D eigenvalue weighted by atomic mass is 9.75. The Morgan fingerprint density at radius 1 is 1.03 bits per heavy atom. The minimum Gasteiger partial charge on any atom is -0.482 e. The number of hydrogen-bond donors (Lipinski definition) is 0. The van der Waals surface area contributed by atoms with Crippen LogP contribution in [0.2, 0.25) is 0 Å². The summed E-state index contributed by atoms with van der Waals surface area (Å²) in [6.07, 6.45) is 1.40. The SMILES string of the molecule is Cc1cnc2cc([C@H]3CC[C@H](c4c(C)cccc4F)CC3)c(=O)n(Cc3ncccc3OCC(F)(F)F)c2n1. The molecule has 0 aliphatic heterocycles. The molecule has 1 aliphatic rings. The molecule has 0 spiro atoms. The van der Waals surface area contributed by atoms with Gasteiger partial charge in [-0.25, -0.2) is 9.37 Å². The van der Waals surface area contributed by atoms with Crippen molar-refractivity contribution in [1.29, 1.82) is 0 Å². The molecule has 1 fully saturated rings. The van der Waals surface area contributed by atoms with Crippen molar-refractivity contribution in [3.8, 4) is 5.75 Å². The number of aryl methyl sites for hydroxylation is 2. The van der Waals surface area contributed by atoms with Gasteiger partial charge in [0, 0.05) is 18.0 Å². The van der Waals surface area contributed by atoms with Gasteiger partial charge in [-0.1, -0.05) is 12.1 Å². The van der Waals surface area contributed by atoms with Crippen LogP contribution in [0.25, 0.3) is 11.2 Å². The van der Waals surface area contributed by atoms with Crippen molar-refractivity contribution >= 4 is 11.2 Å². The fourth-order valence-corrected chi connectivity index (χ4v) is 5.51. The number of benzene rings is 1. The van der Waals surface area contributed by atoms with E-state index in [1.807, 2.05) is 13.0 Å². The Kier molecular flexibility index (Phi) is 7.38. The molecule has 6 nitrogen and oxygen atoms in total. The van der Waals surface area contributed by atoms with Crippen molar-refractivity contribution in [3.05, 3.63) is 93.0 Å². The maximum Gasteiger partial charge on any atom is 0.422 e. The average molecular weight is 541 g/mol. The highest BCUT2D eigenvalue weighted by Crippen LogP contribution is 2.41. The largest absolute Gasteiger partial charge is 0.482 e. The summed E-state index contributed by atoms with van der Waals surface area (Å²) in [6, 6.07) is 9.75. The first-order valence-corrected chi connectivity index (χ1v) is 12.9. The molecule has 1 aliphatic carbocycles. The molecule has 0 N–H and O–H groups in total. The molecule has 0 bridgehead atoms. The topological polar surface area (TPSA) is 69.9 Å². The van der Waals surface area contributed by atoms with Gasteiger partial charge in [0.05, 0.1) is 12.2 Å². The van der Waals surface area contributed by atoms with Crippen LogP contribution in [0.3, 0.4) is 0 Å². The van der Waals surface area contributed by atoms with Crippen LogP contribution in [-0.4, -0.2) is 32.3 Å². The standard InChI is InChI=1S/C29H28F4N4O2/c1-17-5-3-6-22(30)26(17)20-10-8-19(9-11-20)21-13-23-27(36-18(2)14-35-23)37(28(21)38)15-24-25(7-4-12-34-24)39-16-29(31,32)33/h3-7,12-14,19-20H,8-11,15-16H2,1-2H3/t19-,20-. The van der Waals surface area contributed by atoms with E-state index in [0.29, 0.717) is 35.3 Å². The highest BCUT2D eigenvalue weighted by molar-refractivity contribution is 5.71. The summed E-state index contributed by atoms with van der Waals surface area (Å²) in [5.41, 5.74) is 3.56. The van der Waals surface area contributed by atoms with Gasteiger partial charge in [0.15, 0.2) is 12.3 Å². The molecule has 3 aromatic heterocycles. The Balaban J connectivity index is 1.49. The van der Waals surface area contributed by atoms with Crippen LogP contribution in [0.1, 0.15) is 65.6 Å². The van der Waals surface area contributed by atoms with E-state index in [-0.39, 0.29) is 41.2 Å². The van der Waals surface area contributed by atoms with Gasteiger partial charge in [-0.2, -0.15) is 13.2 Å². The summed E-state index contributed by atoms with van der Waals surface area (Å²) in [6.45, 7) is 2.07. The van der Waals surface area contributed by atoms with Crippen LogP contribution in [-0.2, 0) is 6.54 Å². The van der Waals surface area contributed by atoms with Crippen LogP contribution < -0.4 is 10.3 Å². The summed E-state index contributed by atoms with van der Waals surface area (Å²) < 4.78 is 59.5. The second-order valence-electron chi connectivity index (χ2n) is 10.1. The highest BCUT2D eigenvalue weighted by Gasteiger charge is 2.30. The lowest BCUT2D eigenvalue weighted by molar-refractivity contribution is -0.153. The predicted octanol–water partition coefficient (Wildman–Crippen LogP) is 6.37. The van der Waals surface area contributed by atoms with Crippen LogP contribution in [0, 0.1) is 19.7 Å². The number of rotatable bonds is 6. The number of halogens is 4. The van der Waals surface area contributed by atoms with E-state index in [9.17, 15) is 22.4 Å². The maximum absolute atomic E-state index is 14.6. The fourth-order valence-electron chi connectivity index (χ4n) is 5.51. The lowest BCUT2D eigenvalue weighted by Gasteiger charge is -2.30. The van der Waals surface area contributed by atoms with Gasteiger partial charge >= 0.3 is 6.18 Å². The van der Waals surface area contributed by atoms with Crippen molar-refractivity contribution in [2.75, 3.05) is 6.61 Å². The summed E-state index contributed by atoms with van der Waals surface area (Å²) >= 11 is 0. The number of ether oxygens (including phenoxy) is 1. The molecule has 5 rings (SSSR count). The molecule has 10 heteroatoms. The Morgan fingerprint density at radius 3 is 2.49 bits per heavy atom. The summed E-state index contributed by atoms with van der Waals surface area (Å²) in [5, 5.41) is 0. The van der Waals surface area contributed by atoms with E-state index < -0.39 is 12.8 Å². The average Bonchev–Trinajstić information content (AvgIpc) is 2.89. The van der Waals surface area contributed by atoms with Crippen molar-refractivity contribution in [3.63, 3.8) is 0 Å². The van der Waals surface area contributed by atoms with Gasteiger partial charge in [0.2, 0.25) is 0 Å². The first kappa shape index (κ1) is 26.8. The third kappa shape index (κ3) is 5.79. The van der Waals surface area contributed by atoms with E-state index in [2.05, 4.69) is 15.0 Å². The first-order chi connectivity index (χ1) is 18.6. The van der Waals surface area contributed by atoms with Crippen molar-refractivity contribution in [2.24, 2.45) is 0 Å². The molecule has 0 amide bonds. The Hall–Kier alpha value is -3.82. The number of pyridine rings is 2. The minimum absolute atomic E-state index is 0.0540. The monoisotopic (exact) mass is 540 g/mol. The Morgan fingerprint density at radius 2 is 1.77 bits per heavy atom. The zero-order valence-electron chi connectivity index (χ0n) is 21.6. The molecule has 1 saturated carbocycles. The minimum atomic E-state index is -4.51. The van der Waals surface area contributed by atoms with Gasteiger partial charge in [-0.3, -0.25) is 19.3 Å². The Bertz CT molecular complexity index is 1540. The van der Waals surface area contributed by atoms with Crippen LogP contribution >= 0.6 is 0 Å². The van der Waals surface area contributed by atoms with Crippen molar-refractivity contribution < 1.29 is 22.3 Å². The van der Waals surface area contributed by atoms with Gasteiger partial charge < -0.3 is 4.74 Å². The molecule has 0 saturated heterocycles. The van der Waals surface area contributed by atoms with E-state index >= 15 is 0 Å². The quantitative estimate of drug-likeness (QED) is 0.266. The molecular formula is C29H28F4N4O2. The van der Waals surface area contributed by atoms with E-state index in [4.69, 9.17) is 4.74 Å². The third-order valence-electron chi connectivity index (χ3n) is 7.34. The molecule has 0 unspecified atom stereocenters. The molecule has 39 heavy (non-hydrogen) atoms. The van der Waals surface area contributed by atoms with Crippen LogP contribution in [0.4, 0.5) is 17.6 Å². The van der Waals surface area contributed by atoms with Crippen molar-refractivity contribution in [2.45, 2.75) is 64.1 Å². The van der Waals surface area contributed by atoms with E-state index in [1.165, 1.54) is 29.0 Å². The molecular weight excluding hydrogens is 512 g/mol. The van der Waals surface area contributed by atoms with Gasteiger partial charge in [0.1, 0.15) is 22.8 Å². The molecule has 0 radical (unpaired) electrons. The normalized spacial score (nSPS) is 17.9. The number of fused-ring (bicyclic) bond motifs is 1. The van der Waals surface area contributed by atoms with Gasteiger partial charge in [0.25, 0.3) is 5.56 Å². The second-order valence-corrected chi connectivity index (χ2v) is 10.1. The second kappa shape index (κ2) is 10.7. The number of hydrogen-bond acceptors (Lipinski definition) is 5. The number of alkyl halides is 3. The van der Waals surface area contributed by atoms with Gasteiger partial charge in [-0.05, 0) is 86.8 Å². The fraction of sp³-hybridized carbons (Fsp3) is 0.379. The van der Waals surface area contributed by atoms with Crippen molar-refractivity contribution in [1.82, 2.24) is 19.5 Å². The molecule has 3 heterocycles. The maximum atomic E-state index is 14.6. The summed E-state index contributed by atoms with van der Waals surface area (Å²) in [7, 11) is 0. The Labute approximate surface area is 222 Å². The smallest absolute Gasteiger partial charge is 0.422 e. The van der Waals surface area contributed by atoms with E-state index in [0.717, 1.165) is 24.0 Å². The summed E-state index contributed by atoms with van der Waals surface area (Å²) in [5.74, 6) is -0.239. The zero-order chi connectivity index (χ0) is 27.7. The third-order valence-corrected chi connectivity index (χ3v) is 7.34. The molecule has 4 aromatic rings. The number of aromatic nitrogens is 4. The van der Waals surface area contributed by atoms with Crippen LogP contribution in [0.5, 0.6) is 5.75 Å². The van der Waals surface area contributed by atoms with Gasteiger partial charge in [-0.15, -0.1) is 0 Å². The molecule has 0 atom stereocenters. The molecule has 1 aromatic carbocycles. The predicted molar refractivity (Wildman–Crippen MR) is 139 cm³/mol. The van der Waals surface area contributed by atoms with Crippen LogP contribution in [0.15, 0.2) is 53.6 Å². The summed E-state index contributed by atoms with van der Waals surface area (Å²) in [4.78, 5) is 27.1. The zero-order valence-corrected chi connectivity index (χ0v) is 21.6. The number of nitrogens with zero attached hydrogens (tertiary/aromatic N) is 4. The molecule has 204 valence electrons.